The highest BCUT2D eigenvalue weighted by Crippen LogP contribution is 2.23. The van der Waals surface area contributed by atoms with Gasteiger partial charge in [-0.25, -0.2) is 0 Å². The molecule has 1 aromatic carbocycles. The molecule has 0 aliphatic carbocycles. The minimum absolute atomic E-state index is 0.245. The number of nitrogens with zero attached hydrogens (tertiary/aromatic N) is 2. The van der Waals surface area contributed by atoms with Gasteiger partial charge >= 0.3 is 5.97 Å². The van der Waals surface area contributed by atoms with Crippen LogP contribution in [0.3, 0.4) is 0 Å². The van der Waals surface area contributed by atoms with Gasteiger partial charge in [0.15, 0.2) is 5.76 Å². The standard InChI is InChI=1S/C15H16N2O4/c18-11-6-14(15(19)20)17(8-11)9-12-7-13(16-21-12)10-4-2-1-3-5-10/h1-5,7,11,14,18H,6,8-9H2,(H,19,20). The number of aliphatic hydroxyl groups excluding tert-OH is 1. The van der Waals surface area contributed by atoms with E-state index >= 15 is 0 Å². The Labute approximate surface area is 121 Å². The molecular weight excluding hydrogens is 272 g/mol. The van der Waals surface area contributed by atoms with Crippen LogP contribution in [0.1, 0.15) is 12.2 Å². The van der Waals surface area contributed by atoms with Crippen LogP contribution in [0.5, 0.6) is 0 Å². The lowest BCUT2D eigenvalue weighted by Crippen LogP contribution is -2.35. The van der Waals surface area contributed by atoms with Crippen LogP contribution in [0.2, 0.25) is 0 Å². The maximum absolute atomic E-state index is 11.2. The Bertz CT molecular complexity index is 626. The molecule has 0 spiro atoms. The molecule has 0 radical (unpaired) electrons. The summed E-state index contributed by atoms with van der Waals surface area (Å²) in [5.41, 5.74) is 1.67. The Morgan fingerprint density at radius 3 is 2.86 bits per heavy atom. The third kappa shape index (κ3) is 2.96. The number of aromatic nitrogens is 1. The van der Waals surface area contributed by atoms with Crippen LogP contribution >= 0.6 is 0 Å². The SMILES string of the molecule is O=C(O)C1CC(O)CN1Cc1cc(-c2ccccc2)no1. The van der Waals surface area contributed by atoms with Crippen LogP contribution in [0, 0.1) is 0 Å². The first-order chi connectivity index (χ1) is 10.1. The van der Waals surface area contributed by atoms with Gasteiger partial charge in [0.05, 0.1) is 12.6 Å². The fraction of sp³-hybridized carbons (Fsp3) is 0.333. The second-order valence-electron chi connectivity index (χ2n) is 5.22. The number of hydrogen-bond acceptors (Lipinski definition) is 5. The molecule has 2 atom stereocenters. The summed E-state index contributed by atoms with van der Waals surface area (Å²) in [6.45, 7) is 0.659. The number of carboxylic acids is 1. The molecule has 2 N–H and O–H groups in total. The molecule has 3 rings (SSSR count). The Morgan fingerprint density at radius 2 is 2.14 bits per heavy atom. The zero-order valence-corrected chi connectivity index (χ0v) is 11.3. The normalized spacial score (nSPS) is 22.5. The molecule has 1 aliphatic rings. The molecule has 2 unspecified atom stereocenters. The monoisotopic (exact) mass is 288 g/mol. The van der Waals surface area contributed by atoms with Crippen LogP contribution in [-0.2, 0) is 11.3 Å². The van der Waals surface area contributed by atoms with Crippen LogP contribution in [-0.4, -0.2) is 44.9 Å². The smallest absolute Gasteiger partial charge is 0.321 e. The molecule has 2 aromatic rings. The van der Waals surface area contributed by atoms with Gasteiger partial charge in [-0.15, -0.1) is 0 Å². The molecular formula is C15H16N2O4. The second kappa shape index (κ2) is 5.67. The highest BCUT2D eigenvalue weighted by Gasteiger charge is 2.36. The van der Waals surface area contributed by atoms with E-state index in [4.69, 9.17) is 9.63 Å². The van der Waals surface area contributed by atoms with Crippen molar-refractivity contribution in [3.05, 3.63) is 42.2 Å². The molecule has 0 amide bonds. The zero-order valence-electron chi connectivity index (χ0n) is 11.3. The Balaban J connectivity index is 1.74. The lowest BCUT2D eigenvalue weighted by Gasteiger charge is -2.18. The van der Waals surface area contributed by atoms with Gasteiger partial charge in [-0.1, -0.05) is 35.5 Å². The van der Waals surface area contributed by atoms with Gasteiger partial charge in [-0.3, -0.25) is 9.69 Å². The van der Waals surface area contributed by atoms with E-state index < -0.39 is 18.1 Å². The molecule has 21 heavy (non-hydrogen) atoms. The van der Waals surface area contributed by atoms with Crippen molar-refractivity contribution in [2.24, 2.45) is 0 Å². The van der Waals surface area contributed by atoms with Gasteiger partial charge in [0.2, 0.25) is 0 Å². The summed E-state index contributed by atoms with van der Waals surface area (Å²) in [6, 6.07) is 10.8. The molecule has 6 heteroatoms. The van der Waals surface area contributed by atoms with E-state index in [9.17, 15) is 9.90 Å². The first-order valence-electron chi connectivity index (χ1n) is 6.79. The number of carbonyl (C=O) groups is 1. The van der Waals surface area contributed by atoms with E-state index in [0.29, 0.717) is 18.8 Å². The molecule has 6 nitrogen and oxygen atoms in total. The molecule has 2 heterocycles. The van der Waals surface area contributed by atoms with Gasteiger partial charge in [-0.2, -0.15) is 0 Å². The lowest BCUT2D eigenvalue weighted by atomic mass is 10.1. The fourth-order valence-corrected chi connectivity index (χ4v) is 2.64. The number of benzene rings is 1. The topological polar surface area (TPSA) is 86.8 Å². The number of aliphatic carboxylic acids is 1. The van der Waals surface area contributed by atoms with Gasteiger partial charge in [-0.05, 0) is 0 Å². The summed E-state index contributed by atoms with van der Waals surface area (Å²) >= 11 is 0. The molecule has 110 valence electrons. The predicted octanol–water partition coefficient (Wildman–Crippen LogP) is 1.36. The maximum atomic E-state index is 11.2. The third-order valence-corrected chi connectivity index (χ3v) is 3.65. The average Bonchev–Trinajstić information content (AvgIpc) is 3.07. The lowest BCUT2D eigenvalue weighted by molar-refractivity contribution is -0.142. The average molecular weight is 288 g/mol. The number of likely N-dealkylation sites (tertiary alicyclic amines) is 1. The maximum Gasteiger partial charge on any atom is 0.321 e. The van der Waals surface area contributed by atoms with Crippen molar-refractivity contribution in [3.8, 4) is 11.3 Å². The Hall–Kier alpha value is -2.18. The summed E-state index contributed by atoms with van der Waals surface area (Å²) in [6.07, 6.45) is -0.364. The largest absolute Gasteiger partial charge is 0.480 e. The molecule has 0 saturated carbocycles. The summed E-state index contributed by atoms with van der Waals surface area (Å²) in [7, 11) is 0. The van der Waals surface area contributed by atoms with Gasteiger partial charge < -0.3 is 14.7 Å². The highest BCUT2D eigenvalue weighted by molar-refractivity contribution is 5.74. The van der Waals surface area contributed by atoms with Crippen LogP contribution in [0.25, 0.3) is 11.3 Å². The predicted molar refractivity (Wildman–Crippen MR) is 74.4 cm³/mol. The van der Waals surface area contributed by atoms with E-state index in [2.05, 4.69) is 5.16 Å². The van der Waals surface area contributed by atoms with Crippen LogP contribution < -0.4 is 0 Å². The highest BCUT2D eigenvalue weighted by atomic mass is 16.5. The molecule has 1 aliphatic heterocycles. The van der Waals surface area contributed by atoms with Gasteiger partial charge in [0.1, 0.15) is 11.7 Å². The summed E-state index contributed by atoms with van der Waals surface area (Å²) in [4.78, 5) is 12.9. The molecule has 1 fully saturated rings. The Morgan fingerprint density at radius 1 is 1.38 bits per heavy atom. The number of carboxylic acid groups (broad SMARTS) is 1. The summed E-state index contributed by atoms with van der Waals surface area (Å²) in [5, 5.41) is 22.8. The van der Waals surface area contributed by atoms with Gasteiger partial charge in [0.25, 0.3) is 0 Å². The van der Waals surface area contributed by atoms with Crippen molar-refractivity contribution in [2.45, 2.75) is 25.1 Å². The van der Waals surface area contributed by atoms with E-state index in [1.54, 1.807) is 11.0 Å². The minimum atomic E-state index is -0.922. The number of hydrogen-bond donors (Lipinski definition) is 2. The summed E-state index contributed by atoms with van der Waals surface area (Å²) < 4.78 is 5.28. The first-order valence-corrected chi connectivity index (χ1v) is 6.79. The number of rotatable bonds is 4. The van der Waals surface area contributed by atoms with Crippen molar-refractivity contribution >= 4 is 5.97 Å². The molecule has 1 aromatic heterocycles. The van der Waals surface area contributed by atoms with E-state index in [0.717, 1.165) is 11.3 Å². The van der Waals surface area contributed by atoms with Crippen molar-refractivity contribution in [1.29, 1.82) is 0 Å². The Kier molecular flexibility index (Phi) is 3.72. The zero-order chi connectivity index (χ0) is 14.8. The van der Waals surface area contributed by atoms with E-state index in [1.807, 2.05) is 30.3 Å². The molecule has 0 bridgehead atoms. The van der Waals surface area contributed by atoms with Crippen molar-refractivity contribution in [2.75, 3.05) is 6.54 Å². The molecule has 1 saturated heterocycles. The second-order valence-corrected chi connectivity index (χ2v) is 5.22. The number of β-amino-alcohol motifs (C(OH)–C–C–N with tert-alkyl or cyclic N) is 1. The van der Waals surface area contributed by atoms with Crippen molar-refractivity contribution in [3.63, 3.8) is 0 Å². The third-order valence-electron chi connectivity index (χ3n) is 3.65. The minimum Gasteiger partial charge on any atom is -0.480 e. The van der Waals surface area contributed by atoms with Crippen molar-refractivity contribution < 1.29 is 19.5 Å². The number of aliphatic hydroxyl groups is 1. The van der Waals surface area contributed by atoms with E-state index in [-0.39, 0.29) is 6.42 Å². The fourth-order valence-electron chi connectivity index (χ4n) is 2.64. The van der Waals surface area contributed by atoms with Crippen molar-refractivity contribution in [1.82, 2.24) is 10.1 Å². The van der Waals surface area contributed by atoms with Crippen LogP contribution in [0.15, 0.2) is 40.9 Å². The first kappa shape index (κ1) is 13.8. The van der Waals surface area contributed by atoms with E-state index in [1.165, 1.54) is 0 Å². The van der Waals surface area contributed by atoms with Crippen LogP contribution in [0.4, 0.5) is 0 Å². The summed E-state index contributed by atoms with van der Waals surface area (Å²) in [5.74, 6) is -0.330. The quantitative estimate of drug-likeness (QED) is 0.883. The van der Waals surface area contributed by atoms with Gasteiger partial charge in [0, 0.05) is 24.6 Å².